The summed E-state index contributed by atoms with van der Waals surface area (Å²) < 4.78 is 33.6. The van der Waals surface area contributed by atoms with E-state index in [1.165, 1.54) is 24.3 Å². The van der Waals surface area contributed by atoms with Crippen LogP contribution in [0.25, 0.3) is 0 Å². The summed E-state index contributed by atoms with van der Waals surface area (Å²) in [6.45, 7) is 1.62. The smallest absolute Gasteiger partial charge is 0.297 e. The van der Waals surface area contributed by atoms with Crippen LogP contribution in [0.2, 0.25) is 0 Å². The largest absolute Gasteiger partial charge is 0.456 e. The number of aryl methyl sites for hydroxylation is 1. The maximum absolute atomic E-state index is 11.9. The highest BCUT2D eigenvalue weighted by molar-refractivity contribution is 7.86. The van der Waals surface area contributed by atoms with Crippen molar-refractivity contribution >= 4 is 16.4 Å². The third-order valence-electron chi connectivity index (χ3n) is 2.46. The fraction of sp³-hybridized carbons (Fsp3) is 0.154. The van der Waals surface area contributed by atoms with Gasteiger partial charge in [0.2, 0.25) is 0 Å². The molecule has 2 rings (SSSR count). The molecule has 0 radical (unpaired) electrons. The number of rotatable bonds is 5. The number of carbonyl (C=O) groups excluding carboxylic acids is 1. The molecule has 0 aliphatic heterocycles. The van der Waals surface area contributed by atoms with E-state index in [0.29, 0.717) is 6.29 Å². The van der Waals surface area contributed by atoms with Crippen LogP contribution < -0.4 is 0 Å². The lowest BCUT2D eigenvalue weighted by atomic mass is 10.2. The van der Waals surface area contributed by atoms with E-state index in [2.05, 4.69) is 0 Å². The van der Waals surface area contributed by atoms with Crippen molar-refractivity contribution in [3.05, 3.63) is 53.5 Å². The lowest BCUT2D eigenvalue weighted by Crippen LogP contribution is -2.06. The average Bonchev–Trinajstić information content (AvgIpc) is 2.85. The summed E-state index contributed by atoms with van der Waals surface area (Å²) in [5.74, 6) is 0.407. The molecule has 6 heteroatoms. The first-order chi connectivity index (χ1) is 9.01. The van der Waals surface area contributed by atoms with Crippen LogP contribution in [0.1, 0.15) is 21.9 Å². The van der Waals surface area contributed by atoms with Crippen molar-refractivity contribution in [1.29, 1.82) is 0 Å². The predicted octanol–water partition coefficient (Wildman–Crippen LogP) is 2.31. The van der Waals surface area contributed by atoms with Gasteiger partial charge in [0.1, 0.15) is 12.4 Å². The Bertz CT molecular complexity index is 667. The van der Waals surface area contributed by atoms with Gasteiger partial charge < -0.3 is 4.42 Å². The van der Waals surface area contributed by atoms with Crippen LogP contribution >= 0.6 is 0 Å². The predicted molar refractivity (Wildman–Crippen MR) is 67.2 cm³/mol. The van der Waals surface area contributed by atoms with E-state index in [4.69, 9.17) is 8.60 Å². The maximum atomic E-state index is 11.9. The van der Waals surface area contributed by atoms with Crippen molar-refractivity contribution < 1.29 is 21.8 Å². The summed E-state index contributed by atoms with van der Waals surface area (Å²) in [7, 11) is -3.82. The Morgan fingerprint density at radius 3 is 2.42 bits per heavy atom. The molecule has 0 unspecified atom stereocenters. The zero-order valence-electron chi connectivity index (χ0n) is 10.2. The second kappa shape index (κ2) is 5.38. The molecule has 2 aromatic rings. The average molecular weight is 280 g/mol. The second-order valence-electron chi connectivity index (χ2n) is 3.95. The molecule has 100 valence electrons. The van der Waals surface area contributed by atoms with E-state index < -0.39 is 10.1 Å². The molecule has 1 aromatic carbocycles. The summed E-state index contributed by atoms with van der Waals surface area (Å²) in [6, 6.07) is 9.27. The molecular weight excluding hydrogens is 268 g/mol. The summed E-state index contributed by atoms with van der Waals surface area (Å²) in [5.41, 5.74) is 0.959. The lowest BCUT2D eigenvalue weighted by molar-refractivity contribution is 0.109. The minimum absolute atomic E-state index is 0.0836. The number of furan rings is 1. The number of aldehydes is 1. The molecule has 19 heavy (non-hydrogen) atoms. The third-order valence-corrected chi connectivity index (χ3v) is 3.74. The lowest BCUT2D eigenvalue weighted by Gasteiger charge is -2.04. The van der Waals surface area contributed by atoms with Crippen molar-refractivity contribution in [1.82, 2.24) is 0 Å². The normalized spacial score (nSPS) is 11.4. The van der Waals surface area contributed by atoms with Crippen molar-refractivity contribution in [2.24, 2.45) is 0 Å². The minimum atomic E-state index is -3.82. The van der Waals surface area contributed by atoms with Crippen LogP contribution in [0.3, 0.4) is 0 Å². The van der Waals surface area contributed by atoms with Crippen LogP contribution in [0.5, 0.6) is 0 Å². The van der Waals surface area contributed by atoms with Gasteiger partial charge in [-0.1, -0.05) is 17.7 Å². The minimum Gasteiger partial charge on any atom is -0.456 e. The Kier molecular flexibility index (Phi) is 3.82. The van der Waals surface area contributed by atoms with Gasteiger partial charge in [0.25, 0.3) is 10.1 Å². The molecule has 5 nitrogen and oxygen atoms in total. The molecule has 0 amide bonds. The highest BCUT2D eigenvalue weighted by Crippen LogP contribution is 2.16. The van der Waals surface area contributed by atoms with Crippen molar-refractivity contribution in [3.8, 4) is 0 Å². The van der Waals surface area contributed by atoms with Gasteiger partial charge in [-0.05, 0) is 31.2 Å². The van der Waals surface area contributed by atoms with Crippen molar-refractivity contribution in [3.63, 3.8) is 0 Å². The van der Waals surface area contributed by atoms with Crippen LogP contribution in [0.4, 0.5) is 0 Å². The SMILES string of the molecule is Cc1ccc(S(=O)(=O)OCc2ccc(C=O)o2)cc1. The monoisotopic (exact) mass is 280 g/mol. The second-order valence-corrected chi connectivity index (χ2v) is 5.57. The Balaban J connectivity index is 2.09. The highest BCUT2D eigenvalue weighted by atomic mass is 32.2. The van der Waals surface area contributed by atoms with Crippen LogP contribution in [-0.2, 0) is 20.9 Å². The summed E-state index contributed by atoms with van der Waals surface area (Å²) in [5, 5.41) is 0. The molecule has 0 bridgehead atoms. The van der Waals surface area contributed by atoms with Crippen molar-refractivity contribution in [2.45, 2.75) is 18.4 Å². The molecule has 0 spiro atoms. The Morgan fingerprint density at radius 1 is 1.16 bits per heavy atom. The van der Waals surface area contributed by atoms with Crippen molar-refractivity contribution in [2.75, 3.05) is 0 Å². The zero-order chi connectivity index (χ0) is 13.9. The van der Waals surface area contributed by atoms with Gasteiger partial charge >= 0.3 is 0 Å². The van der Waals surface area contributed by atoms with E-state index in [9.17, 15) is 13.2 Å². The molecule has 0 N–H and O–H groups in total. The van der Waals surface area contributed by atoms with Gasteiger partial charge in [-0.2, -0.15) is 8.42 Å². The number of carbonyl (C=O) groups is 1. The van der Waals surface area contributed by atoms with Crippen LogP contribution in [-0.4, -0.2) is 14.7 Å². The van der Waals surface area contributed by atoms with E-state index >= 15 is 0 Å². The molecule has 0 fully saturated rings. The van der Waals surface area contributed by atoms with E-state index in [1.54, 1.807) is 12.1 Å². The van der Waals surface area contributed by atoms with Crippen LogP contribution in [0, 0.1) is 6.92 Å². The first-order valence-electron chi connectivity index (χ1n) is 5.51. The highest BCUT2D eigenvalue weighted by Gasteiger charge is 2.16. The van der Waals surface area contributed by atoms with Gasteiger partial charge in [-0.15, -0.1) is 0 Å². The third kappa shape index (κ3) is 3.30. The fourth-order valence-corrected chi connectivity index (χ4v) is 2.32. The van der Waals surface area contributed by atoms with Gasteiger partial charge in [0.15, 0.2) is 12.0 Å². The Morgan fingerprint density at radius 2 is 1.84 bits per heavy atom. The molecule has 0 aliphatic rings. The Hall–Kier alpha value is -1.92. The summed E-state index contributed by atoms with van der Waals surface area (Å²) >= 11 is 0. The molecular formula is C13H12O5S. The summed E-state index contributed by atoms with van der Waals surface area (Å²) in [6.07, 6.45) is 0.540. The molecule has 0 saturated carbocycles. The zero-order valence-corrected chi connectivity index (χ0v) is 11.0. The standard InChI is InChI=1S/C13H12O5S/c1-10-2-6-13(7-3-10)19(15,16)17-9-12-5-4-11(8-14)18-12/h2-8H,9H2,1H3. The van der Waals surface area contributed by atoms with Gasteiger partial charge in [-0.25, -0.2) is 0 Å². The van der Waals surface area contributed by atoms with Crippen LogP contribution in [0.15, 0.2) is 45.7 Å². The van der Waals surface area contributed by atoms with Gasteiger partial charge in [0, 0.05) is 0 Å². The van der Waals surface area contributed by atoms with Gasteiger partial charge in [-0.3, -0.25) is 8.98 Å². The van der Waals surface area contributed by atoms with Gasteiger partial charge in [0.05, 0.1) is 4.90 Å². The number of hydrogen-bond acceptors (Lipinski definition) is 5. The first-order valence-corrected chi connectivity index (χ1v) is 6.92. The quantitative estimate of drug-likeness (QED) is 0.620. The molecule has 0 saturated heterocycles. The summed E-state index contributed by atoms with van der Waals surface area (Å²) in [4.78, 5) is 10.5. The number of hydrogen-bond donors (Lipinski definition) is 0. The van der Waals surface area contributed by atoms with E-state index in [1.807, 2.05) is 6.92 Å². The topological polar surface area (TPSA) is 73.6 Å². The molecule has 0 atom stereocenters. The first kappa shape index (κ1) is 13.5. The van der Waals surface area contributed by atoms with E-state index in [-0.39, 0.29) is 23.0 Å². The Labute approximate surface area is 110 Å². The fourth-order valence-electron chi connectivity index (χ4n) is 1.44. The maximum Gasteiger partial charge on any atom is 0.297 e. The molecule has 0 aliphatic carbocycles. The molecule has 1 aromatic heterocycles. The van der Waals surface area contributed by atoms with E-state index in [0.717, 1.165) is 5.56 Å². The molecule has 1 heterocycles. The number of benzene rings is 1.